The van der Waals surface area contributed by atoms with E-state index in [4.69, 9.17) is 0 Å². The van der Waals surface area contributed by atoms with Crippen molar-refractivity contribution in [2.75, 3.05) is 0 Å². The zero-order valence-corrected chi connectivity index (χ0v) is 11.0. The Labute approximate surface area is 112 Å². The van der Waals surface area contributed by atoms with E-state index in [9.17, 15) is 15.2 Å². The first-order valence-electron chi connectivity index (χ1n) is 7.12. The Balaban J connectivity index is 2.11. The first kappa shape index (κ1) is 12.7. The van der Waals surface area contributed by atoms with Crippen LogP contribution in [0.1, 0.15) is 51.4 Å². The minimum absolute atomic E-state index is 0.286. The van der Waals surface area contributed by atoms with Gasteiger partial charge in [0.25, 0.3) is 5.91 Å². The van der Waals surface area contributed by atoms with Crippen LogP contribution in [0.25, 0.3) is 0 Å². The molecule has 5 nitrogen and oxygen atoms in total. The van der Waals surface area contributed by atoms with Gasteiger partial charge in [-0.1, -0.05) is 36.6 Å². The van der Waals surface area contributed by atoms with Crippen LogP contribution in [0.15, 0.2) is 17.3 Å². The van der Waals surface area contributed by atoms with Crippen molar-refractivity contribution in [2.24, 2.45) is 10.6 Å². The molecular formula is C14H20N2O3. The van der Waals surface area contributed by atoms with Crippen molar-refractivity contribution >= 4 is 11.6 Å². The van der Waals surface area contributed by atoms with Gasteiger partial charge in [-0.15, -0.1) is 0 Å². The van der Waals surface area contributed by atoms with Crippen LogP contribution in [0.5, 0.6) is 0 Å². The summed E-state index contributed by atoms with van der Waals surface area (Å²) in [7, 11) is 0. The molecule has 0 bridgehead atoms. The summed E-state index contributed by atoms with van der Waals surface area (Å²) in [5.74, 6) is -0.286. The van der Waals surface area contributed by atoms with Gasteiger partial charge in [0.2, 0.25) is 0 Å². The van der Waals surface area contributed by atoms with Gasteiger partial charge in [-0.2, -0.15) is 0 Å². The number of carbonyl (C=O) groups excluding carboxylic acids is 1. The third-order valence-corrected chi connectivity index (χ3v) is 4.97. The smallest absolute Gasteiger partial charge is 0.259 e. The molecule has 2 aliphatic carbocycles. The van der Waals surface area contributed by atoms with Gasteiger partial charge < -0.3 is 5.21 Å². The zero-order valence-electron chi connectivity index (χ0n) is 11.0. The third kappa shape index (κ3) is 1.51. The molecule has 0 radical (unpaired) electrons. The highest BCUT2D eigenvalue weighted by atomic mass is 16.5. The SMILES string of the molecule is O=C1N(O)[C@]2(C=CCCC2)/C(=N\O)C12CCCCC2. The van der Waals surface area contributed by atoms with Gasteiger partial charge in [0.05, 0.1) is 5.41 Å². The van der Waals surface area contributed by atoms with E-state index >= 15 is 0 Å². The Bertz CT molecular complexity index is 452. The predicted octanol–water partition coefficient (Wildman–Crippen LogP) is 2.48. The number of hydrogen-bond donors (Lipinski definition) is 2. The molecule has 0 aromatic rings. The van der Waals surface area contributed by atoms with Crippen LogP contribution >= 0.6 is 0 Å². The van der Waals surface area contributed by atoms with Crippen molar-refractivity contribution in [3.05, 3.63) is 12.2 Å². The summed E-state index contributed by atoms with van der Waals surface area (Å²) in [6, 6.07) is 0. The molecule has 2 spiro atoms. The van der Waals surface area contributed by atoms with E-state index in [0.29, 0.717) is 25.0 Å². The van der Waals surface area contributed by atoms with E-state index in [2.05, 4.69) is 5.16 Å². The van der Waals surface area contributed by atoms with Gasteiger partial charge in [0.15, 0.2) is 0 Å². The summed E-state index contributed by atoms with van der Waals surface area (Å²) in [6.07, 6.45) is 10.6. The molecule has 2 fully saturated rings. The van der Waals surface area contributed by atoms with Crippen molar-refractivity contribution < 1.29 is 15.2 Å². The number of allylic oxidation sites excluding steroid dienone is 1. The molecule has 1 amide bonds. The number of amides is 1. The fourth-order valence-electron chi connectivity index (χ4n) is 4.01. The zero-order chi connectivity index (χ0) is 13.5. The van der Waals surface area contributed by atoms with Gasteiger partial charge in [-0.3, -0.25) is 10.0 Å². The van der Waals surface area contributed by atoms with Crippen molar-refractivity contribution in [1.82, 2.24) is 5.06 Å². The standard InChI is InChI=1S/C14H20N2O3/c17-12-13(7-3-1-4-8-13)11(15-18)14(16(12)19)9-5-2-6-10-14/h5,9,18-19H,1-4,6-8,10H2/b15-11-/t14-/m0/s1. The fourth-order valence-corrected chi connectivity index (χ4v) is 4.01. The molecule has 2 N–H and O–H groups in total. The van der Waals surface area contributed by atoms with Crippen LogP contribution in [0.2, 0.25) is 0 Å². The van der Waals surface area contributed by atoms with Crippen LogP contribution in [0.4, 0.5) is 0 Å². The molecule has 0 aromatic heterocycles. The Kier molecular flexibility index (Phi) is 2.89. The predicted molar refractivity (Wildman–Crippen MR) is 69.1 cm³/mol. The minimum Gasteiger partial charge on any atom is -0.411 e. The maximum absolute atomic E-state index is 12.6. The number of carbonyl (C=O) groups is 1. The van der Waals surface area contributed by atoms with Crippen LogP contribution in [0.3, 0.4) is 0 Å². The van der Waals surface area contributed by atoms with Crippen molar-refractivity contribution in [1.29, 1.82) is 0 Å². The van der Waals surface area contributed by atoms with E-state index in [1.807, 2.05) is 12.2 Å². The van der Waals surface area contributed by atoms with Crippen molar-refractivity contribution in [3.8, 4) is 0 Å². The largest absolute Gasteiger partial charge is 0.411 e. The molecule has 0 unspecified atom stereocenters. The summed E-state index contributed by atoms with van der Waals surface area (Å²) in [6.45, 7) is 0. The maximum atomic E-state index is 12.6. The van der Waals surface area contributed by atoms with Crippen LogP contribution in [0, 0.1) is 5.41 Å². The second-order valence-electron chi connectivity index (χ2n) is 5.93. The van der Waals surface area contributed by atoms with E-state index in [1.165, 1.54) is 0 Å². The van der Waals surface area contributed by atoms with Gasteiger partial charge >= 0.3 is 0 Å². The first-order valence-corrected chi connectivity index (χ1v) is 7.12. The highest BCUT2D eigenvalue weighted by Gasteiger charge is 2.64. The lowest BCUT2D eigenvalue weighted by atomic mass is 9.67. The van der Waals surface area contributed by atoms with E-state index < -0.39 is 11.0 Å². The minimum atomic E-state index is -0.901. The van der Waals surface area contributed by atoms with Gasteiger partial charge in [-0.05, 0) is 32.1 Å². The van der Waals surface area contributed by atoms with Crippen molar-refractivity contribution in [2.45, 2.75) is 56.9 Å². The normalized spacial score (nSPS) is 35.7. The molecule has 19 heavy (non-hydrogen) atoms. The number of hydroxylamine groups is 2. The molecule has 3 rings (SSSR count). The lowest BCUT2D eigenvalue weighted by molar-refractivity contribution is -0.179. The Morgan fingerprint density at radius 2 is 1.89 bits per heavy atom. The van der Waals surface area contributed by atoms with Gasteiger partial charge in [0, 0.05) is 0 Å². The average molecular weight is 264 g/mol. The second kappa shape index (κ2) is 4.34. The van der Waals surface area contributed by atoms with Gasteiger partial charge in [0.1, 0.15) is 11.3 Å². The molecule has 1 aliphatic heterocycles. The van der Waals surface area contributed by atoms with Crippen LogP contribution < -0.4 is 0 Å². The summed E-state index contributed by atoms with van der Waals surface area (Å²) >= 11 is 0. The topological polar surface area (TPSA) is 73.1 Å². The number of rotatable bonds is 0. The monoisotopic (exact) mass is 264 g/mol. The number of nitrogens with zero attached hydrogens (tertiary/aromatic N) is 2. The van der Waals surface area contributed by atoms with E-state index in [1.54, 1.807) is 0 Å². The lowest BCUT2D eigenvalue weighted by Crippen LogP contribution is -2.47. The Morgan fingerprint density at radius 1 is 1.16 bits per heavy atom. The highest BCUT2D eigenvalue weighted by molar-refractivity contribution is 6.19. The molecule has 1 saturated heterocycles. The first-order chi connectivity index (χ1) is 9.17. The molecular weight excluding hydrogens is 244 g/mol. The van der Waals surface area contributed by atoms with E-state index in [0.717, 1.165) is 37.2 Å². The summed E-state index contributed by atoms with van der Waals surface area (Å²) in [4.78, 5) is 12.6. The van der Waals surface area contributed by atoms with Crippen LogP contribution in [-0.4, -0.2) is 32.6 Å². The third-order valence-electron chi connectivity index (χ3n) is 4.97. The molecule has 3 aliphatic rings. The molecule has 1 heterocycles. The maximum Gasteiger partial charge on any atom is 0.259 e. The summed E-state index contributed by atoms with van der Waals surface area (Å²) < 4.78 is 0. The van der Waals surface area contributed by atoms with Gasteiger partial charge in [-0.25, -0.2) is 5.06 Å². The molecule has 104 valence electrons. The highest BCUT2D eigenvalue weighted by Crippen LogP contribution is 2.51. The molecule has 1 atom stereocenters. The molecule has 1 saturated carbocycles. The Hall–Kier alpha value is -1.36. The van der Waals surface area contributed by atoms with E-state index in [-0.39, 0.29) is 5.91 Å². The fraction of sp³-hybridized carbons (Fsp3) is 0.714. The quantitative estimate of drug-likeness (QED) is 0.305. The lowest BCUT2D eigenvalue weighted by Gasteiger charge is -2.35. The van der Waals surface area contributed by atoms with Crippen molar-refractivity contribution in [3.63, 3.8) is 0 Å². The van der Waals surface area contributed by atoms with Crippen LogP contribution in [-0.2, 0) is 4.79 Å². The summed E-state index contributed by atoms with van der Waals surface area (Å²) in [5.41, 5.74) is -1.21. The average Bonchev–Trinajstić information content (AvgIpc) is 2.61. The molecule has 5 heteroatoms. The number of oxime groups is 1. The second-order valence-corrected chi connectivity index (χ2v) is 5.93. The Morgan fingerprint density at radius 3 is 2.47 bits per heavy atom. The number of hydrogen-bond acceptors (Lipinski definition) is 4. The summed E-state index contributed by atoms with van der Waals surface area (Å²) in [5, 5.41) is 24.2. The molecule has 0 aromatic carbocycles.